The first-order chi connectivity index (χ1) is 6.88. The lowest BCUT2D eigenvalue weighted by Crippen LogP contribution is -2.23. The minimum atomic E-state index is -0.561. The average molecular weight is 208 g/mol. The standard InChI is InChI=1S/C11H16N2O2/c1-9(13-7-5-6-8-13)12-10(14)15-11(2,3)4/h5-8H,1-4H3/b12-9-. The number of hydrogen-bond acceptors (Lipinski definition) is 2. The molecule has 1 aromatic heterocycles. The number of carbonyl (C=O) groups excluding carboxylic acids is 1. The fourth-order valence-corrected chi connectivity index (χ4v) is 1.02. The van der Waals surface area contributed by atoms with Gasteiger partial charge in [-0.15, -0.1) is 0 Å². The molecule has 0 saturated heterocycles. The van der Waals surface area contributed by atoms with Crippen molar-refractivity contribution in [3.05, 3.63) is 24.5 Å². The Bertz CT molecular complexity index is 358. The SMILES string of the molecule is C/C(=N/C(=O)OC(C)(C)C)n1cccc1. The maximum atomic E-state index is 11.3. The number of ether oxygens (including phenoxy) is 1. The molecular formula is C11H16N2O2. The van der Waals surface area contributed by atoms with Gasteiger partial charge in [0.2, 0.25) is 0 Å². The smallest absolute Gasteiger partial charge is 0.435 e. The summed E-state index contributed by atoms with van der Waals surface area (Å²) in [7, 11) is 0. The van der Waals surface area contributed by atoms with Crippen molar-refractivity contribution < 1.29 is 9.53 Å². The predicted octanol–water partition coefficient (Wildman–Crippen LogP) is 2.69. The molecule has 0 saturated carbocycles. The summed E-state index contributed by atoms with van der Waals surface area (Å²) in [6.45, 7) is 7.19. The van der Waals surface area contributed by atoms with Gasteiger partial charge in [0.15, 0.2) is 0 Å². The fraction of sp³-hybridized carbons (Fsp3) is 0.455. The van der Waals surface area contributed by atoms with Crippen LogP contribution >= 0.6 is 0 Å². The van der Waals surface area contributed by atoms with Gasteiger partial charge in [-0.25, -0.2) is 4.79 Å². The molecule has 0 aliphatic carbocycles. The van der Waals surface area contributed by atoms with Crippen molar-refractivity contribution in [3.8, 4) is 0 Å². The molecule has 4 heteroatoms. The third kappa shape index (κ3) is 3.97. The Balaban J connectivity index is 2.68. The van der Waals surface area contributed by atoms with Crippen LogP contribution in [-0.2, 0) is 4.74 Å². The molecule has 15 heavy (non-hydrogen) atoms. The van der Waals surface area contributed by atoms with Gasteiger partial charge in [0.1, 0.15) is 11.4 Å². The summed E-state index contributed by atoms with van der Waals surface area (Å²) in [6, 6.07) is 3.74. The van der Waals surface area contributed by atoms with Crippen molar-refractivity contribution >= 4 is 11.9 Å². The van der Waals surface area contributed by atoms with Crippen molar-refractivity contribution in [2.75, 3.05) is 0 Å². The highest BCUT2D eigenvalue weighted by molar-refractivity contribution is 5.91. The molecule has 0 unspecified atom stereocenters. The first-order valence-corrected chi connectivity index (χ1v) is 4.80. The van der Waals surface area contributed by atoms with Crippen LogP contribution in [0.4, 0.5) is 4.79 Å². The number of nitrogens with zero attached hydrogens (tertiary/aromatic N) is 2. The van der Waals surface area contributed by atoms with Crippen LogP contribution in [0.15, 0.2) is 29.5 Å². The van der Waals surface area contributed by atoms with Gasteiger partial charge < -0.3 is 9.30 Å². The first-order valence-electron chi connectivity index (χ1n) is 4.80. The molecule has 0 radical (unpaired) electrons. The van der Waals surface area contributed by atoms with Crippen molar-refractivity contribution in [1.29, 1.82) is 0 Å². The molecule has 0 bridgehead atoms. The average Bonchev–Trinajstić information content (AvgIpc) is 2.50. The van der Waals surface area contributed by atoms with E-state index in [9.17, 15) is 4.79 Å². The summed E-state index contributed by atoms with van der Waals surface area (Å²) >= 11 is 0. The monoisotopic (exact) mass is 208 g/mol. The van der Waals surface area contributed by atoms with Gasteiger partial charge in [-0.05, 0) is 39.8 Å². The molecule has 0 fully saturated rings. The van der Waals surface area contributed by atoms with Crippen molar-refractivity contribution in [2.45, 2.75) is 33.3 Å². The Morgan fingerprint density at radius 3 is 2.27 bits per heavy atom. The van der Waals surface area contributed by atoms with Crippen LogP contribution in [0.1, 0.15) is 27.7 Å². The van der Waals surface area contributed by atoms with E-state index in [1.54, 1.807) is 11.5 Å². The van der Waals surface area contributed by atoms with Crippen molar-refractivity contribution in [3.63, 3.8) is 0 Å². The van der Waals surface area contributed by atoms with Crippen LogP contribution in [0, 0.1) is 0 Å². The highest BCUT2D eigenvalue weighted by Gasteiger charge is 2.15. The maximum Gasteiger partial charge on any atom is 0.435 e. The van der Waals surface area contributed by atoms with E-state index in [2.05, 4.69) is 4.99 Å². The fourth-order valence-electron chi connectivity index (χ4n) is 1.02. The topological polar surface area (TPSA) is 43.6 Å². The zero-order chi connectivity index (χ0) is 11.5. The molecular weight excluding hydrogens is 192 g/mol. The number of amides is 1. The van der Waals surface area contributed by atoms with E-state index >= 15 is 0 Å². The van der Waals surface area contributed by atoms with Gasteiger partial charge in [-0.1, -0.05) is 0 Å². The van der Waals surface area contributed by atoms with Crippen LogP contribution in [0.2, 0.25) is 0 Å². The van der Waals surface area contributed by atoms with E-state index in [-0.39, 0.29) is 0 Å². The molecule has 82 valence electrons. The van der Waals surface area contributed by atoms with E-state index in [1.807, 2.05) is 45.3 Å². The summed E-state index contributed by atoms with van der Waals surface area (Å²) in [6.07, 6.45) is 3.08. The van der Waals surface area contributed by atoms with Crippen molar-refractivity contribution in [1.82, 2.24) is 4.57 Å². The second kappa shape index (κ2) is 4.29. The number of aromatic nitrogens is 1. The molecule has 1 heterocycles. The van der Waals surface area contributed by atoms with Crippen LogP contribution in [0.25, 0.3) is 0 Å². The van der Waals surface area contributed by atoms with Gasteiger partial charge >= 0.3 is 6.09 Å². The van der Waals surface area contributed by atoms with Crippen LogP contribution in [0.5, 0.6) is 0 Å². The van der Waals surface area contributed by atoms with Crippen LogP contribution in [-0.4, -0.2) is 22.1 Å². The zero-order valence-corrected chi connectivity index (χ0v) is 9.52. The van der Waals surface area contributed by atoms with E-state index < -0.39 is 11.7 Å². The van der Waals surface area contributed by atoms with E-state index in [0.29, 0.717) is 5.84 Å². The molecule has 0 atom stereocenters. The van der Waals surface area contributed by atoms with E-state index in [1.165, 1.54) is 0 Å². The summed E-state index contributed by atoms with van der Waals surface area (Å²) in [5, 5.41) is 0. The third-order valence-electron chi connectivity index (χ3n) is 1.62. The normalized spacial score (nSPS) is 12.7. The van der Waals surface area contributed by atoms with Crippen molar-refractivity contribution in [2.24, 2.45) is 4.99 Å². The second-order valence-electron chi connectivity index (χ2n) is 4.23. The molecule has 0 aromatic carbocycles. The molecule has 1 amide bonds. The molecule has 1 aromatic rings. The summed E-state index contributed by atoms with van der Waals surface area (Å²) in [5.74, 6) is 0.592. The van der Waals surface area contributed by atoms with Gasteiger partial charge in [0, 0.05) is 12.4 Å². The Labute approximate surface area is 89.6 Å². The molecule has 1 rings (SSSR count). The number of rotatable bonds is 0. The summed E-state index contributed by atoms with van der Waals surface area (Å²) in [5.41, 5.74) is -0.502. The molecule has 0 aliphatic rings. The largest absolute Gasteiger partial charge is 0.442 e. The number of carbonyl (C=O) groups is 1. The summed E-state index contributed by atoms with van der Waals surface area (Å²) in [4.78, 5) is 15.2. The molecule has 0 N–H and O–H groups in total. The first kappa shape index (κ1) is 11.5. The lowest BCUT2D eigenvalue weighted by molar-refractivity contribution is 0.0604. The maximum absolute atomic E-state index is 11.3. The van der Waals surface area contributed by atoms with Gasteiger partial charge in [0.25, 0.3) is 0 Å². The van der Waals surface area contributed by atoms with Crippen LogP contribution in [0.3, 0.4) is 0 Å². The van der Waals surface area contributed by atoms with Gasteiger partial charge in [-0.3, -0.25) is 0 Å². The molecule has 4 nitrogen and oxygen atoms in total. The third-order valence-corrected chi connectivity index (χ3v) is 1.62. The Kier molecular flexibility index (Phi) is 3.29. The van der Waals surface area contributed by atoms with Gasteiger partial charge in [-0.2, -0.15) is 4.99 Å². The highest BCUT2D eigenvalue weighted by atomic mass is 16.6. The quantitative estimate of drug-likeness (QED) is 0.486. The molecule has 0 spiro atoms. The number of aliphatic imine (C=N–C) groups is 1. The predicted molar refractivity (Wildman–Crippen MR) is 59.2 cm³/mol. The lowest BCUT2D eigenvalue weighted by atomic mass is 10.2. The Morgan fingerprint density at radius 1 is 1.27 bits per heavy atom. The Morgan fingerprint density at radius 2 is 1.80 bits per heavy atom. The van der Waals surface area contributed by atoms with E-state index in [0.717, 1.165) is 0 Å². The minimum absolute atomic E-state index is 0.502. The zero-order valence-electron chi connectivity index (χ0n) is 9.52. The summed E-state index contributed by atoms with van der Waals surface area (Å²) < 4.78 is 6.82. The van der Waals surface area contributed by atoms with Gasteiger partial charge in [0.05, 0.1) is 0 Å². The minimum Gasteiger partial charge on any atom is -0.442 e. The van der Waals surface area contributed by atoms with Crippen LogP contribution < -0.4 is 0 Å². The molecule has 0 aliphatic heterocycles. The Hall–Kier alpha value is -1.58. The lowest BCUT2D eigenvalue weighted by Gasteiger charge is -2.17. The number of hydrogen-bond donors (Lipinski definition) is 0. The van der Waals surface area contributed by atoms with E-state index in [4.69, 9.17) is 4.74 Å². The second-order valence-corrected chi connectivity index (χ2v) is 4.23. The highest BCUT2D eigenvalue weighted by Crippen LogP contribution is 2.08.